The zero-order valence-electron chi connectivity index (χ0n) is 9.94. The van der Waals surface area contributed by atoms with E-state index in [1.165, 1.54) is 0 Å². The van der Waals surface area contributed by atoms with Crippen molar-refractivity contribution in [2.45, 2.75) is 0 Å². The monoisotopic (exact) mass is 263 g/mol. The summed E-state index contributed by atoms with van der Waals surface area (Å²) in [7, 11) is -1.42. The maximum absolute atomic E-state index is 12.0. The van der Waals surface area contributed by atoms with Crippen molar-refractivity contribution in [1.29, 1.82) is 0 Å². The van der Waals surface area contributed by atoms with Crippen molar-refractivity contribution in [2.75, 3.05) is 13.2 Å². The predicted octanol–water partition coefficient (Wildman–Crippen LogP) is 1.44. The fourth-order valence-electron chi connectivity index (χ4n) is 1.28. The Hall–Kier alpha value is -1.54. The van der Waals surface area contributed by atoms with Crippen molar-refractivity contribution >= 4 is 18.4 Å². The third kappa shape index (κ3) is 4.76. The molecule has 2 aromatic carbocycles. The van der Waals surface area contributed by atoms with Gasteiger partial charge in [-0.15, -0.1) is 0 Å². The summed E-state index contributed by atoms with van der Waals surface area (Å²) in [6.45, 7) is -0.250. The van der Waals surface area contributed by atoms with Gasteiger partial charge in [-0.05, 0) is 24.3 Å². The lowest BCUT2D eigenvalue weighted by atomic mass is 10.4. The normalized spacial score (nSPS) is 9.22. The summed E-state index contributed by atoms with van der Waals surface area (Å²) in [6, 6.07) is 19.1. The van der Waals surface area contributed by atoms with E-state index in [0.29, 0.717) is 0 Å². The van der Waals surface area contributed by atoms with E-state index in [2.05, 4.69) is 0 Å². The van der Waals surface area contributed by atoms with Crippen molar-refractivity contribution in [3.8, 4) is 0 Å². The lowest BCUT2D eigenvalue weighted by Gasteiger charge is -1.87. The fraction of sp³-hybridized carbons (Fsp3) is 0.143. The first kappa shape index (κ1) is 14.5. The molecule has 0 bridgehead atoms. The van der Waals surface area contributed by atoms with Gasteiger partial charge in [0.1, 0.15) is 0 Å². The molecule has 0 heterocycles. The highest BCUT2D eigenvalue weighted by Crippen LogP contribution is 2.18. The second kappa shape index (κ2) is 8.54. The molecule has 0 aliphatic heterocycles. The molecule has 0 aliphatic carbocycles. The minimum atomic E-state index is -1.42. The average Bonchev–Trinajstić information content (AvgIpc) is 2.48. The molecule has 0 spiro atoms. The molecule has 0 atom stereocenters. The van der Waals surface area contributed by atoms with E-state index in [-0.39, 0.29) is 13.2 Å². The lowest BCUT2D eigenvalue weighted by molar-refractivity contribution is 0.186. The molecule has 0 aliphatic rings. The topological polar surface area (TPSA) is 57.5 Å². The molecule has 2 rings (SSSR count). The third-order valence-corrected chi connectivity index (χ3v) is 3.62. The van der Waals surface area contributed by atoms with Crippen LogP contribution >= 0.6 is 7.80 Å². The van der Waals surface area contributed by atoms with Gasteiger partial charge in [0.15, 0.2) is 10.6 Å². The molecule has 18 heavy (non-hydrogen) atoms. The van der Waals surface area contributed by atoms with Crippen LogP contribution < -0.4 is 10.6 Å². The number of hydrogen-bond acceptors (Lipinski definition) is 3. The molecule has 94 valence electrons. The standard InChI is InChI=1S/C12H10OP.C2H6O2/c13-14(11-7-3-1-4-8-11)12-9-5-2-6-10-12;3-1-2-4/h1-10H;3-4H,1-2H2/q+1;. The first-order chi connectivity index (χ1) is 8.79. The van der Waals surface area contributed by atoms with E-state index < -0.39 is 7.80 Å². The number of benzene rings is 2. The Morgan fingerprint density at radius 3 is 1.33 bits per heavy atom. The van der Waals surface area contributed by atoms with Crippen molar-refractivity contribution in [3.63, 3.8) is 0 Å². The van der Waals surface area contributed by atoms with E-state index in [9.17, 15) is 4.57 Å². The minimum absolute atomic E-state index is 0.125. The maximum atomic E-state index is 12.0. The Bertz CT molecular complexity index is 413. The summed E-state index contributed by atoms with van der Waals surface area (Å²) in [5, 5.41) is 17.0. The van der Waals surface area contributed by atoms with Crippen LogP contribution in [0.15, 0.2) is 60.7 Å². The van der Waals surface area contributed by atoms with Crippen LogP contribution in [0.5, 0.6) is 0 Å². The van der Waals surface area contributed by atoms with Gasteiger partial charge in [-0.1, -0.05) is 41.0 Å². The van der Waals surface area contributed by atoms with Crippen LogP contribution in [0.1, 0.15) is 0 Å². The van der Waals surface area contributed by atoms with Crippen molar-refractivity contribution in [1.82, 2.24) is 0 Å². The van der Waals surface area contributed by atoms with Crippen LogP contribution in [0, 0.1) is 0 Å². The Balaban J connectivity index is 0.000000357. The highest BCUT2D eigenvalue weighted by atomic mass is 31.1. The molecule has 0 saturated heterocycles. The van der Waals surface area contributed by atoms with Gasteiger partial charge in [0.2, 0.25) is 0 Å². The van der Waals surface area contributed by atoms with Crippen LogP contribution in [-0.2, 0) is 4.57 Å². The number of aliphatic hydroxyl groups is 2. The molecular formula is C14H16O3P+. The van der Waals surface area contributed by atoms with Crippen molar-refractivity contribution in [2.24, 2.45) is 0 Å². The first-order valence-corrected chi connectivity index (χ1v) is 6.84. The Labute approximate surface area is 108 Å². The molecule has 2 N–H and O–H groups in total. The summed E-state index contributed by atoms with van der Waals surface area (Å²) in [5.74, 6) is 0. The van der Waals surface area contributed by atoms with E-state index >= 15 is 0 Å². The van der Waals surface area contributed by atoms with E-state index in [1.807, 2.05) is 60.7 Å². The Kier molecular flexibility index (Phi) is 6.89. The molecular weight excluding hydrogens is 247 g/mol. The van der Waals surface area contributed by atoms with Crippen LogP contribution in [0.3, 0.4) is 0 Å². The number of aliphatic hydroxyl groups excluding tert-OH is 2. The van der Waals surface area contributed by atoms with E-state index in [0.717, 1.165) is 10.6 Å². The molecule has 3 nitrogen and oxygen atoms in total. The Morgan fingerprint density at radius 2 is 1.06 bits per heavy atom. The molecule has 0 unspecified atom stereocenters. The molecule has 0 fully saturated rings. The SMILES string of the molecule is O=[P+](c1ccccc1)c1ccccc1.OCCO. The second-order valence-electron chi connectivity index (χ2n) is 3.41. The van der Waals surface area contributed by atoms with Gasteiger partial charge in [-0.25, -0.2) is 0 Å². The second-order valence-corrected chi connectivity index (χ2v) is 5.03. The fourth-order valence-corrected chi connectivity index (χ4v) is 2.46. The van der Waals surface area contributed by atoms with Crippen LogP contribution in [0.25, 0.3) is 0 Å². The van der Waals surface area contributed by atoms with Gasteiger partial charge in [0.05, 0.1) is 13.2 Å². The van der Waals surface area contributed by atoms with E-state index in [4.69, 9.17) is 10.2 Å². The maximum Gasteiger partial charge on any atom is 0.415 e. The predicted molar refractivity (Wildman–Crippen MR) is 73.9 cm³/mol. The van der Waals surface area contributed by atoms with Crippen LogP contribution in [-0.4, -0.2) is 23.4 Å². The summed E-state index contributed by atoms with van der Waals surface area (Å²) in [5.41, 5.74) is 0. The molecule has 2 aromatic rings. The molecule has 0 saturated carbocycles. The highest BCUT2D eigenvalue weighted by Gasteiger charge is 2.21. The molecule has 0 radical (unpaired) electrons. The molecule has 0 aromatic heterocycles. The van der Waals surface area contributed by atoms with E-state index in [1.54, 1.807) is 0 Å². The van der Waals surface area contributed by atoms with Gasteiger partial charge in [-0.3, -0.25) is 0 Å². The van der Waals surface area contributed by atoms with Gasteiger partial charge >= 0.3 is 7.80 Å². The quantitative estimate of drug-likeness (QED) is 0.824. The summed E-state index contributed by atoms with van der Waals surface area (Å²) in [6.07, 6.45) is 0. The molecule has 0 amide bonds. The van der Waals surface area contributed by atoms with Gasteiger partial charge in [0.25, 0.3) is 0 Å². The third-order valence-electron chi connectivity index (χ3n) is 2.08. The summed E-state index contributed by atoms with van der Waals surface area (Å²) >= 11 is 0. The number of hydrogen-bond donors (Lipinski definition) is 2. The Morgan fingerprint density at radius 1 is 0.722 bits per heavy atom. The lowest BCUT2D eigenvalue weighted by Crippen LogP contribution is -2.04. The minimum Gasteiger partial charge on any atom is -0.394 e. The average molecular weight is 263 g/mol. The number of rotatable bonds is 3. The zero-order chi connectivity index (χ0) is 13.2. The summed E-state index contributed by atoms with van der Waals surface area (Å²) < 4.78 is 12.0. The van der Waals surface area contributed by atoms with Crippen molar-refractivity contribution < 1.29 is 14.8 Å². The van der Waals surface area contributed by atoms with Crippen LogP contribution in [0.4, 0.5) is 0 Å². The van der Waals surface area contributed by atoms with Crippen LogP contribution in [0.2, 0.25) is 0 Å². The van der Waals surface area contributed by atoms with Gasteiger partial charge in [-0.2, -0.15) is 0 Å². The first-order valence-electron chi connectivity index (χ1n) is 5.58. The van der Waals surface area contributed by atoms with Gasteiger partial charge < -0.3 is 10.2 Å². The summed E-state index contributed by atoms with van der Waals surface area (Å²) in [4.78, 5) is 0. The van der Waals surface area contributed by atoms with Crippen molar-refractivity contribution in [3.05, 3.63) is 60.7 Å². The molecule has 4 heteroatoms. The smallest absolute Gasteiger partial charge is 0.394 e. The highest BCUT2D eigenvalue weighted by molar-refractivity contribution is 7.61. The largest absolute Gasteiger partial charge is 0.415 e. The zero-order valence-corrected chi connectivity index (χ0v) is 10.8. The van der Waals surface area contributed by atoms with Gasteiger partial charge in [0, 0.05) is 0 Å².